The van der Waals surface area contributed by atoms with Gasteiger partial charge in [0.2, 0.25) is 0 Å². The molecule has 0 saturated carbocycles. The fourth-order valence-electron chi connectivity index (χ4n) is 1.78. The van der Waals surface area contributed by atoms with E-state index in [1.165, 1.54) is 7.11 Å². The molecule has 0 aliphatic heterocycles. The molecule has 0 heterocycles. The monoisotopic (exact) mass is 287 g/mol. The molecule has 0 amide bonds. The molecule has 0 radical (unpaired) electrons. The Morgan fingerprint density at radius 3 is 2.63 bits per heavy atom. The number of methoxy groups -OCH3 is 1. The predicted molar refractivity (Wildman–Crippen MR) is 77.4 cm³/mol. The van der Waals surface area contributed by atoms with Gasteiger partial charge in [0.15, 0.2) is 0 Å². The molecule has 0 spiro atoms. The third-order valence-electron chi connectivity index (χ3n) is 3.29. The maximum Gasteiger partial charge on any atom is 0.337 e. The number of esters is 1. The molecule has 0 saturated heterocycles. The molecule has 1 rings (SSSR count). The topological polar surface area (TPSA) is 72.5 Å². The number of aliphatic hydroxyl groups excluding tert-OH is 1. The second-order valence-corrected chi connectivity index (χ2v) is 4.52. The molecule has 0 fully saturated rings. The summed E-state index contributed by atoms with van der Waals surface area (Å²) in [7, 11) is 1.34. The quantitative estimate of drug-likeness (QED) is 0.815. The Labute approximate surface area is 120 Å². The van der Waals surface area contributed by atoms with Crippen LogP contribution < -0.4 is 5.73 Å². The van der Waals surface area contributed by atoms with Crippen LogP contribution in [0.2, 0.25) is 0 Å². The summed E-state index contributed by atoms with van der Waals surface area (Å²) in [4.78, 5) is 11.4. The average Bonchev–Trinajstić information content (AvgIpc) is 2.43. The maximum absolute atomic E-state index is 11.4. The van der Waals surface area contributed by atoms with E-state index >= 15 is 0 Å². The van der Waals surface area contributed by atoms with Crippen molar-refractivity contribution in [1.82, 2.24) is 0 Å². The number of ether oxygens (including phenoxy) is 1. The Morgan fingerprint density at radius 1 is 1.47 bits per heavy atom. The first-order valence-electron chi connectivity index (χ1n) is 6.13. The SMILES string of the molecule is CCC(C)[C@H](O)[C@H](N)c1cccc(C(=O)OC)c1.Cl. The van der Waals surface area contributed by atoms with Crippen molar-refractivity contribution in [3.8, 4) is 0 Å². The summed E-state index contributed by atoms with van der Waals surface area (Å²) < 4.78 is 4.66. The van der Waals surface area contributed by atoms with Crippen LogP contribution in [0.5, 0.6) is 0 Å². The lowest BCUT2D eigenvalue weighted by Crippen LogP contribution is -2.31. The molecule has 1 aromatic rings. The number of halogens is 1. The molecule has 0 aliphatic carbocycles. The molecule has 1 unspecified atom stereocenters. The van der Waals surface area contributed by atoms with Gasteiger partial charge in [-0.3, -0.25) is 0 Å². The van der Waals surface area contributed by atoms with Gasteiger partial charge in [-0.1, -0.05) is 32.4 Å². The number of benzene rings is 1. The normalized spacial score (nSPS) is 15.0. The number of rotatable bonds is 5. The highest BCUT2D eigenvalue weighted by molar-refractivity contribution is 5.89. The van der Waals surface area contributed by atoms with Crippen LogP contribution in [0.1, 0.15) is 42.2 Å². The van der Waals surface area contributed by atoms with Crippen LogP contribution in [0.15, 0.2) is 24.3 Å². The van der Waals surface area contributed by atoms with Gasteiger partial charge in [0.05, 0.1) is 24.8 Å². The van der Waals surface area contributed by atoms with Crippen LogP contribution in [-0.4, -0.2) is 24.3 Å². The standard InChI is InChI=1S/C14H21NO3.ClH/c1-4-9(2)13(16)12(15)10-6-5-7-11(8-10)14(17)18-3;/h5-9,12-13,16H,4,15H2,1-3H3;1H/t9?,12-,13+;/m1./s1. The summed E-state index contributed by atoms with van der Waals surface area (Å²) >= 11 is 0. The van der Waals surface area contributed by atoms with Crippen LogP contribution in [0.25, 0.3) is 0 Å². The Balaban J connectivity index is 0.00000324. The largest absolute Gasteiger partial charge is 0.465 e. The molecule has 0 aromatic heterocycles. The van der Waals surface area contributed by atoms with Crippen LogP contribution in [0.3, 0.4) is 0 Å². The Hall–Kier alpha value is -1.10. The van der Waals surface area contributed by atoms with Crippen molar-refractivity contribution in [1.29, 1.82) is 0 Å². The summed E-state index contributed by atoms with van der Waals surface area (Å²) in [5, 5.41) is 10.1. The molecular formula is C14H22ClNO3. The fourth-order valence-corrected chi connectivity index (χ4v) is 1.78. The number of nitrogens with two attached hydrogens (primary N) is 1. The maximum atomic E-state index is 11.4. The van der Waals surface area contributed by atoms with Crippen LogP contribution in [0.4, 0.5) is 0 Å². The van der Waals surface area contributed by atoms with Gasteiger partial charge < -0.3 is 15.6 Å². The van der Waals surface area contributed by atoms with Gasteiger partial charge in [-0.2, -0.15) is 0 Å². The second kappa shape index (κ2) is 8.15. The summed E-state index contributed by atoms with van der Waals surface area (Å²) in [5.41, 5.74) is 7.21. The van der Waals surface area contributed by atoms with Crippen molar-refractivity contribution < 1.29 is 14.6 Å². The third-order valence-corrected chi connectivity index (χ3v) is 3.29. The van der Waals surface area contributed by atoms with Crippen LogP contribution >= 0.6 is 12.4 Å². The van der Waals surface area contributed by atoms with E-state index < -0.39 is 18.1 Å². The minimum atomic E-state index is -0.622. The first-order valence-corrected chi connectivity index (χ1v) is 6.13. The highest BCUT2D eigenvalue weighted by atomic mass is 35.5. The van der Waals surface area contributed by atoms with Crippen molar-refractivity contribution >= 4 is 18.4 Å². The van der Waals surface area contributed by atoms with Crippen LogP contribution in [-0.2, 0) is 4.74 Å². The molecule has 3 atom stereocenters. The van der Waals surface area contributed by atoms with Crippen molar-refractivity contribution in [3.05, 3.63) is 35.4 Å². The molecule has 0 aliphatic rings. The minimum absolute atomic E-state index is 0. The summed E-state index contributed by atoms with van der Waals surface area (Å²) in [5.74, 6) is -0.288. The number of carbonyl (C=O) groups is 1. The van der Waals surface area contributed by atoms with Gasteiger partial charge >= 0.3 is 5.97 Å². The van der Waals surface area contributed by atoms with Gasteiger partial charge in [0, 0.05) is 0 Å². The summed E-state index contributed by atoms with van der Waals surface area (Å²) in [6.07, 6.45) is 0.230. The fraction of sp³-hybridized carbons (Fsp3) is 0.500. The smallest absolute Gasteiger partial charge is 0.337 e. The zero-order valence-corrected chi connectivity index (χ0v) is 12.3. The van der Waals surface area contributed by atoms with Gasteiger partial charge in [-0.05, 0) is 23.6 Å². The van der Waals surface area contributed by atoms with E-state index in [0.29, 0.717) is 5.56 Å². The first-order chi connectivity index (χ1) is 8.51. The Kier molecular flexibility index (Phi) is 7.68. The molecule has 0 bridgehead atoms. The van der Waals surface area contributed by atoms with E-state index in [9.17, 15) is 9.90 Å². The first kappa shape index (κ1) is 17.9. The average molecular weight is 288 g/mol. The molecule has 3 N–H and O–H groups in total. The predicted octanol–water partition coefficient (Wildman–Crippen LogP) is 2.30. The molecule has 19 heavy (non-hydrogen) atoms. The van der Waals surface area contributed by atoms with Crippen molar-refractivity contribution in [3.63, 3.8) is 0 Å². The van der Waals surface area contributed by atoms with E-state index in [4.69, 9.17) is 5.73 Å². The molecule has 1 aromatic carbocycles. The Morgan fingerprint density at radius 2 is 2.11 bits per heavy atom. The number of carbonyl (C=O) groups excluding carboxylic acids is 1. The number of hydrogen-bond acceptors (Lipinski definition) is 4. The van der Waals surface area contributed by atoms with Crippen molar-refractivity contribution in [2.24, 2.45) is 11.7 Å². The van der Waals surface area contributed by atoms with Crippen LogP contribution in [0, 0.1) is 5.92 Å². The number of hydrogen-bond donors (Lipinski definition) is 2. The van der Waals surface area contributed by atoms with E-state index in [-0.39, 0.29) is 18.3 Å². The summed E-state index contributed by atoms with van der Waals surface area (Å²) in [6.45, 7) is 3.96. The van der Waals surface area contributed by atoms with Crippen molar-refractivity contribution in [2.75, 3.05) is 7.11 Å². The number of aliphatic hydroxyl groups is 1. The summed E-state index contributed by atoms with van der Waals surface area (Å²) in [6, 6.07) is 6.39. The zero-order valence-electron chi connectivity index (χ0n) is 11.5. The van der Waals surface area contributed by atoms with E-state index in [2.05, 4.69) is 4.74 Å². The third kappa shape index (κ3) is 4.49. The molecular weight excluding hydrogens is 266 g/mol. The lowest BCUT2D eigenvalue weighted by atomic mass is 9.91. The lowest BCUT2D eigenvalue weighted by molar-refractivity contribution is 0.0599. The van der Waals surface area contributed by atoms with Gasteiger partial charge in [0.25, 0.3) is 0 Å². The zero-order chi connectivity index (χ0) is 13.7. The van der Waals surface area contributed by atoms with E-state index in [0.717, 1.165) is 12.0 Å². The van der Waals surface area contributed by atoms with E-state index in [1.54, 1.807) is 18.2 Å². The van der Waals surface area contributed by atoms with E-state index in [1.807, 2.05) is 19.9 Å². The Bertz CT molecular complexity index is 411. The van der Waals surface area contributed by atoms with Crippen molar-refractivity contribution in [2.45, 2.75) is 32.4 Å². The van der Waals surface area contributed by atoms with Gasteiger partial charge in [-0.25, -0.2) is 4.79 Å². The van der Waals surface area contributed by atoms with Gasteiger partial charge in [-0.15, -0.1) is 12.4 Å². The molecule has 4 nitrogen and oxygen atoms in total. The second-order valence-electron chi connectivity index (χ2n) is 4.52. The van der Waals surface area contributed by atoms with Gasteiger partial charge in [0.1, 0.15) is 0 Å². The highest BCUT2D eigenvalue weighted by Crippen LogP contribution is 2.22. The molecule has 5 heteroatoms. The minimum Gasteiger partial charge on any atom is -0.465 e. The lowest BCUT2D eigenvalue weighted by Gasteiger charge is -2.24. The molecule has 108 valence electrons. The highest BCUT2D eigenvalue weighted by Gasteiger charge is 2.22.